The van der Waals surface area contributed by atoms with Gasteiger partial charge in [0.1, 0.15) is 35.7 Å². The number of anilines is 1. The van der Waals surface area contributed by atoms with E-state index in [4.69, 9.17) is 18.9 Å². The maximum Gasteiger partial charge on any atom is 0.350 e. The number of aliphatic hydroxyl groups excluding tert-OH is 1. The number of rotatable bonds is 11. The van der Waals surface area contributed by atoms with Gasteiger partial charge in [-0.05, 0) is 67.8 Å². The number of amides is 1. The predicted octanol–water partition coefficient (Wildman–Crippen LogP) is 6.72. The standard InChI is InChI=1S/C37H34N2O8S/c1-5-16-45-36(43)34-22(4)38-37(48-34)39-31(24-12-15-28(29(19-24)44-6-2)46-20-23-10-8-7-9-11-23)30(33(41)35(39)42)32(40)25-13-14-27-26(18-25)17-21(3)47-27/h5,7-15,18-19,21,31,40H,1,6,16-17,20H2,2-4H3/b32-30-. The fourth-order valence-electron chi connectivity index (χ4n) is 5.76. The van der Waals surface area contributed by atoms with E-state index >= 15 is 0 Å². The van der Waals surface area contributed by atoms with Crippen LogP contribution in [-0.4, -0.2) is 47.1 Å². The summed E-state index contributed by atoms with van der Waals surface area (Å²) >= 11 is 0.925. The van der Waals surface area contributed by atoms with Gasteiger partial charge in [-0.25, -0.2) is 9.78 Å². The van der Waals surface area contributed by atoms with Crippen molar-refractivity contribution in [3.05, 3.63) is 118 Å². The highest BCUT2D eigenvalue weighted by molar-refractivity contribution is 7.17. The molecule has 3 aromatic carbocycles. The minimum Gasteiger partial charge on any atom is -0.507 e. The molecule has 1 amide bonds. The molecule has 1 fully saturated rings. The van der Waals surface area contributed by atoms with Gasteiger partial charge in [-0.15, -0.1) is 0 Å². The van der Waals surface area contributed by atoms with Crippen molar-refractivity contribution in [3.8, 4) is 17.2 Å². The Labute approximate surface area is 281 Å². The maximum atomic E-state index is 13.9. The molecular weight excluding hydrogens is 632 g/mol. The number of thiazole rings is 1. The average molecular weight is 667 g/mol. The zero-order chi connectivity index (χ0) is 33.9. The second-order valence-electron chi connectivity index (χ2n) is 11.3. The topological polar surface area (TPSA) is 124 Å². The minimum atomic E-state index is -1.11. The van der Waals surface area contributed by atoms with Gasteiger partial charge in [0.15, 0.2) is 16.6 Å². The molecule has 2 aliphatic heterocycles. The van der Waals surface area contributed by atoms with Crippen molar-refractivity contribution >= 4 is 39.9 Å². The molecule has 0 saturated carbocycles. The number of fused-ring (bicyclic) bond motifs is 1. The molecule has 2 atom stereocenters. The second kappa shape index (κ2) is 13.7. The summed E-state index contributed by atoms with van der Waals surface area (Å²) < 4.78 is 23.1. The van der Waals surface area contributed by atoms with Crippen molar-refractivity contribution in [1.29, 1.82) is 0 Å². The van der Waals surface area contributed by atoms with Crippen LogP contribution < -0.4 is 19.1 Å². The van der Waals surface area contributed by atoms with Gasteiger partial charge in [0.25, 0.3) is 5.78 Å². The molecule has 4 aromatic rings. The fourth-order valence-corrected chi connectivity index (χ4v) is 6.75. The van der Waals surface area contributed by atoms with Crippen molar-refractivity contribution in [2.24, 2.45) is 0 Å². The summed E-state index contributed by atoms with van der Waals surface area (Å²) in [6.07, 6.45) is 2.06. The van der Waals surface area contributed by atoms with Gasteiger partial charge in [-0.1, -0.05) is 60.4 Å². The predicted molar refractivity (Wildman–Crippen MR) is 181 cm³/mol. The molecule has 0 radical (unpaired) electrons. The Hall–Kier alpha value is -5.42. The van der Waals surface area contributed by atoms with Gasteiger partial charge in [-0.2, -0.15) is 0 Å². The first kappa shape index (κ1) is 32.5. The van der Waals surface area contributed by atoms with Crippen LogP contribution in [0.4, 0.5) is 5.13 Å². The molecule has 0 aliphatic carbocycles. The van der Waals surface area contributed by atoms with E-state index in [1.807, 2.05) is 44.2 Å². The Morgan fingerprint density at radius 3 is 2.65 bits per heavy atom. The number of aliphatic hydroxyl groups is 1. The van der Waals surface area contributed by atoms with Gasteiger partial charge in [-0.3, -0.25) is 14.5 Å². The third-order valence-electron chi connectivity index (χ3n) is 7.94. The van der Waals surface area contributed by atoms with Crippen LogP contribution in [-0.2, 0) is 27.4 Å². The largest absolute Gasteiger partial charge is 0.507 e. The lowest BCUT2D eigenvalue weighted by Gasteiger charge is -2.24. The summed E-state index contributed by atoms with van der Waals surface area (Å²) in [6.45, 7) is 9.59. The average Bonchev–Trinajstić information content (AvgIpc) is 3.74. The normalized spacial score (nSPS) is 17.9. The van der Waals surface area contributed by atoms with Crippen LogP contribution >= 0.6 is 11.3 Å². The number of ketones is 1. The van der Waals surface area contributed by atoms with Gasteiger partial charge in [0.2, 0.25) is 0 Å². The molecule has 11 heteroatoms. The number of carbonyl (C=O) groups is 3. The Morgan fingerprint density at radius 1 is 1.10 bits per heavy atom. The van der Waals surface area contributed by atoms with Crippen LogP contribution in [0.5, 0.6) is 17.2 Å². The number of ether oxygens (including phenoxy) is 4. The quantitative estimate of drug-likeness (QED) is 0.0611. The fraction of sp³-hybridized carbons (Fsp3) is 0.243. The number of benzene rings is 3. The summed E-state index contributed by atoms with van der Waals surface area (Å²) in [7, 11) is 0. The lowest BCUT2D eigenvalue weighted by atomic mass is 9.94. The van der Waals surface area contributed by atoms with Crippen LogP contribution in [0.1, 0.15) is 57.5 Å². The van der Waals surface area contributed by atoms with Crippen LogP contribution in [0.15, 0.2) is 85.0 Å². The number of Topliss-reactive ketones (excluding diaryl/α,β-unsaturated/α-hetero) is 1. The second-order valence-corrected chi connectivity index (χ2v) is 12.3. The molecule has 246 valence electrons. The number of carbonyl (C=O) groups excluding carboxylic acids is 3. The summed E-state index contributed by atoms with van der Waals surface area (Å²) in [6, 6.07) is 18.9. The molecule has 0 bridgehead atoms. The third-order valence-corrected chi connectivity index (χ3v) is 9.08. The SMILES string of the molecule is C=CCOC(=O)c1sc(N2C(=O)C(=O)/C(=C(\O)c3ccc4c(c3)CC(C)O4)C2c2ccc(OCc3ccccc3)c(OCC)c2)nc1C. The van der Waals surface area contributed by atoms with Crippen molar-refractivity contribution < 1.29 is 38.4 Å². The molecule has 1 saturated heterocycles. The lowest BCUT2D eigenvalue weighted by Crippen LogP contribution is -2.29. The zero-order valence-electron chi connectivity index (χ0n) is 26.7. The van der Waals surface area contributed by atoms with Crippen LogP contribution in [0.2, 0.25) is 0 Å². The smallest absolute Gasteiger partial charge is 0.350 e. The number of hydrogen-bond donors (Lipinski definition) is 1. The lowest BCUT2D eigenvalue weighted by molar-refractivity contribution is -0.132. The summed E-state index contributed by atoms with van der Waals surface area (Å²) in [5.41, 5.74) is 2.88. The number of esters is 1. The molecule has 1 aromatic heterocycles. The zero-order valence-corrected chi connectivity index (χ0v) is 27.5. The maximum absolute atomic E-state index is 13.9. The van der Waals surface area contributed by atoms with E-state index in [9.17, 15) is 19.5 Å². The van der Waals surface area contributed by atoms with E-state index in [0.717, 1.165) is 22.5 Å². The summed E-state index contributed by atoms with van der Waals surface area (Å²) in [4.78, 5) is 46.4. The number of aromatic nitrogens is 1. The molecule has 3 heterocycles. The molecule has 2 unspecified atom stereocenters. The monoisotopic (exact) mass is 666 g/mol. The van der Waals surface area contributed by atoms with Gasteiger partial charge >= 0.3 is 11.9 Å². The third kappa shape index (κ3) is 6.28. The van der Waals surface area contributed by atoms with Crippen molar-refractivity contribution in [1.82, 2.24) is 4.98 Å². The van der Waals surface area contributed by atoms with E-state index in [-0.39, 0.29) is 34.1 Å². The van der Waals surface area contributed by atoms with E-state index in [2.05, 4.69) is 11.6 Å². The van der Waals surface area contributed by atoms with Crippen molar-refractivity contribution in [2.75, 3.05) is 18.1 Å². The van der Waals surface area contributed by atoms with Gasteiger partial charge in [0.05, 0.1) is 23.9 Å². The first-order valence-electron chi connectivity index (χ1n) is 15.5. The molecule has 48 heavy (non-hydrogen) atoms. The number of aryl methyl sites for hydroxylation is 1. The molecule has 6 rings (SSSR count). The first-order valence-corrected chi connectivity index (χ1v) is 16.3. The number of nitrogens with zero attached hydrogens (tertiary/aromatic N) is 2. The molecule has 2 aliphatic rings. The van der Waals surface area contributed by atoms with Crippen LogP contribution in [0.3, 0.4) is 0 Å². The van der Waals surface area contributed by atoms with Gasteiger partial charge in [0, 0.05) is 12.0 Å². The molecule has 0 spiro atoms. The summed E-state index contributed by atoms with van der Waals surface area (Å²) in [5.74, 6) is -1.20. The van der Waals surface area contributed by atoms with E-state index in [0.29, 0.717) is 53.7 Å². The summed E-state index contributed by atoms with van der Waals surface area (Å²) in [5, 5.41) is 11.9. The number of hydrogen-bond acceptors (Lipinski definition) is 10. The van der Waals surface area contributed by atoms with Crippen LogP contribution in [0, 0.1) is 6.92 Å². The van der Waals surface area contributed by atoms with E-state index < -0.39 is 23.7 Å². The highest BCUT2D eigenvalue weighted by Crippen LogP contribution is 2.46. The molecular formula is C37H34N2O8S. The Morgan fingerprint density at radius 2 is 1.90 bits per heavy atom. The Kier molecular flexibility index (Phi) is 9.31. The minimum absolute atomic E-state index is 0.000482. The van der Waals surface area contributed by atoms with Crippen molar-refractivity contribution in [2.45, 2.75) is 45.9 Å². The Balaban J connectivity index is 1.47. The Bertz CT molecular complexity index is 1930. The highest BCUT2D eigenvalue weighted by Gasteiger charge is 2.49. The molecule has 1 N–H and O–H groups in total. The first-order chi connectivity index (χ1) is 23.2. The molecule has 10 nitrogen and oxygen atoms in total. The van der Waals surface area contributed by atoms with E-state index in [1.54, 1.807) is 43.3 Å². The highest BCUT2D eigenvalue weighted by atomic mass is 32.1. The van der Waals surface area contributed by atoms with Crippen LogP contribution in [0.25, 0.3) is 5.76 Å². The van der Waals surface area contributed by atoms with Crippen molar-refractivity contribution in [3.63, 3.8) is 0 Å². The van der Waals surface area contributed by atoms with E-state index in [1.165, 1.54) is 11.0 Å². The van der Waals surface area contributed by atoms with Gasteiger partial charge < -0.3 is 24.1 Å².